The van der Waals surface area contributed by atoms with Gasteiger partial charge in [-0.2, -0.15) is 5.10 Å². The molecule has 0 atom stereocenters. The van der Waals surface area contributed by atoms with Crippen molar-refractivity contribution in [1.29, 1.82) is 0 Å². The minimum Gasteiger partial charge on any atom is -0.240 e. The lowest BCUT2D eigenvalue weighted by Gasteiger charge is -2.19. The molecule has 96 valence electrons. The molecule has 0 aliphatic carbocycles. The van der Waals surface area contributed by atoms with Gasteiger partial charge in [0.15, 0.2) is 0 Å². The van der Waals surface area contributed by atoms with Crippen molar-refractivity contribution in [2.45, 2.75) is 26.2 Å². The molecule has 0 radical (unpaired) electrons. The van der Waals surface area contributed by atoms with E-state index in [2.05, 4.69) is 62.4 Å². The average Bonchev–Trinajstić information content (AvgIpc) is 2.81. The number of nitrogens with zero attached hydrogens (tertiary/aromatic N) is 2. The fourth-order valence-electron chi connectivity index (χ4n) is 2.21. The third-order valence-corrected chi connectivity index (χ3v) is 3.39. The minimum atomic E-state index is 0.155. The van der Waals surface area contributed by atoms with E-state index in [-0.39, 0.29) is 5.41 Å². The van der Waals surface area contributed by atoms with E-state index in [1.54, 1.807) is 0 Å². The zero-order valence-corrected chi connectivity index (χ0v) is 11.6. The van der Waals surface area contributed by atoms with Crippen molar-refractivity contribution < 1.29 is 0 Å². The van der Waals surface area contributed by atoms with Crippen LogP contribution in [0.25, 0.3) is 16.6 Å². The Bertz CT molecular complexity index is 684. The molecule has 1 aromatic heterocycles. The fourth-order valence-corrected chi connectivity index (χ4v) is 2.21. The van der Waals surface area contributed by atoms with Crippen LogP contribution in [0.4, 0.5) is 0 Å². The predicted molar refractivity (Wildman–Crippen MR) is 79.8 cm³/mol. The monoisotopic (exact) mass is 250 g/mol. The molecule has 3 rings (SSSR count). The van der Waals surface area contributed by atoms with Gasteiger partial charge in [-0.15, -0.1) is 0 Å². The number of aromatic nitrogens is 2. The van der Waals surface area contributed by atoms with E-state index in [1.165, 1.54) is 10.9 Å². The zero-order chi connectivity index (χ0) is 13.5. The molecular weight excluding hydrogens is 232 g/mol. The number of rotatable bonds is 1. The van der Waals surface area contributed by atoms with Gasteiger partial charge in [0.2, 0.25) is 0 Å². The molecule has 0 aliphatic rings. The normalized spacial score (nSPS) is 11.9. The van der Waals surface area contributed by atoms with Crippen molar-refractivity contribution in [2.75, 3.05) is 0 Å². The Morgan fingerprint density at radius 1 is 0.947 bits per heavy atom. The Kier molecular flexibility index (Phi) is 2.67. The molecule has 3 aromatic rings. The van der Waals surface area contributed by atoms with Gasteiger partial charge in [-0.05, 0) is 29.2 Å². The van der Waals surface area contributed by atoms with E-state index in [1.807, 2.05) is 22.9 Å². The van der Waals surface area contributed by atoms with Crippen LogP contribution >= 0.6 is 0 Å². The maximum atomic E-state index is 4.62. The van der Waals surface area contributed by atoms with Crippen LogP contribution < -0.4 is 0 Å². The average molecular weight is 250 g/mol. The van der Waals surface area contributed by atoms with Crippen LogP contribution in [-0.4, -0.2) is 9.78 Å². The molecule has 0 spiro atoms. The Morgan fingerprint density at radius 3 is 2.47 bits per heavy atom. The largest absolute Gasteiger partial charge is 0.240 e. The molecule has 0 N–H and O–H groups in total. The van der Waals surface area contributed by atoms with Crippen LogP contribution in [0.1, 0.15) is 26.3 Å². The lowest BCUT2D eigenvalue weighted by atomic mass is 9.87. The smallest absolute Gasteiger partial charge is 0.0927 e. The number of benzene rings is 2. The Hall–Kier alpha value is -2.09. The van der Waals surface area contributed by atoms with Crippen molar-refractivity contribution >= 4 is 10.9 Å². The molecule has 0 unspecified atom stereocenters. The maximum Gasteiger partial charge on any atom is 0.0927 e. The SMILES string of the molecule is CC(C)(C)c1cccc(-n2cc3ccccc3n2)c1. The van der Waals surface area contributed by atoms with Crippen LogP contribution in [0, 0.1) is 0 Å². The van der Waals surface area contributed by atoms with E-state index >= 15 is 0 Å². The second-order valence-corrected chi connectivity index (χ2v) is 5.93. The van der Waals surface area contributed by atoms with E-state index in [0.29, 0.717) is 0 Å². The molecular formula is C17H18N2. The Balaban J connectivity index is 2.11. The highest BCUT2D eigenvalue weighted by atomic mass is 15.3. The van der Waals surface area contributed by atoms with Gasteiger partial charge < -0.3 is 0 Å². The molecule has 2 heteroatoms. The standard InChI is InChI=1S/C17H18N2/c1-17(2,3)14-8-6-9-15(11-14)19-12-13-7-4-5-10-16(13)18-19/h4-12H,1-3H3. The molecule has 0 saturated carbocycles. The first kappa shape index (κ1) is 12.0. The van der Waals surface area contributed by atoms with Gasteiger partial charge in [0.1, 0.15) is 0 Å². The summed E-state index contributed by atoms with van der Waals surface area (Å²) in [5.74, 6) is 0. The summed E-state index contributed by atoms with van der Waals surface area (Å²) < 4.78 is 1.96. The van der Waals surface area contributed by atoms with Crippen molar-refractivity contribution in [3.8, 4) is 5.69 Å². The maximum absolute atomic E-state index is 4.62. The van der Waals surface area contributed by atoms with Gasteiger partial charge >= 0.3 is 0 Å². The summed E-state index contributed by atoms with van der Waals surface area (Å²) in [6.07, 6.45) is 2.08. The first-order valence-corrected chi connectivity index (χ1v) is 6.59. The fraction of sp³-hybridized carbons (Fsp3) is 0.235. The third-order valence-electron chi connectivity index (χ3n) is 3.39. The number of hydrogen-bond donors (Lipinski definition) is 0. The molecule has 0 bridgehead atoms. The summed E-state index contributed by atoms with van der Waals surface area (Å²) in [5.41, 5.74) is 3.62. The zero-order valence-electron chi connectivity index (χ0n) is 11.6. The molecule has 19 heavy (non-hydrogen) atoms. The van der Waals surface area contributed by atoms with Gasteiger partial charge in [0.25, 0.3) is 0 Å². The highest BCUT2D eigenvalue weighted by Gasteiger charge is 2.14. The van der Waals surface area contributed by atoms with Crippen molar-refractivity contribution in [2.24, 2.45) is 0 Å². The van der Waals surface area contributed by atoms with Crippen LogP contribution in [0.15, 0.2) is 54.7 Å². The second kappa shape index (κ2) is 4.23. The van der Waals surface area contributed by atoms with Crippen LogP contribution in [0.3, 0.4) is 0 Å². The summed E-state index contributed by atoms with van der Waals surface area (Å²) >= 11 is 0. The van der Waals surface area contributed by atoms with Crippen LogP contribution in [0.2, 0.25) is 0 Å². The molecule has 0 saturated heterocycles. The van der Waals surface area contributed by atoms with E-state index in [0.717, 1.165) is 11.2 Å². The van der Waals surface area contributed by atoms with Crippen molar-refractivity contribution in [3.63, 3.8) is 0 Å². The van der Waals surface area contributed by atoms with E-state index in [9.17, 15) is 0 Å². The van der Waals surface area contributed by atoms with Gasteiger partial charge in [0.05, 0.1) is 11.2 Å². The first-order chi connectivity index (χ1) is 9.04. The lowest BCUT2D eigenvalue weighted by molar-refractivity contribution is 0.589. The molecule has 2 aromatic carbocycles. The van der Waals surface area contributed by atoms with Gasteiger partial charge in [0, 0.05) is 11.6 Å². The van der Waals surface area contributed by atoms with Crippen molar-refractivity contribution in [1.82, 2.24) is 9.78 Å². The second-order valence-electron chi connectivity index (χ2n) is 5.93. The third kappa shape index (κ3) is 2.26. The summed E-state index contributed by atoms with van der Waals surface area (Å²) in [6.45, 7) is 6.68. The summed E-state index contributed by atoms with van der Waals surface area (Å²) in [4.78, 5) is 0. The predicted octanol–water partition coefficient (Wildman–Crippen LogP) is 4.32. The Morgan fingerprint density at radius 2 is 1.74 bits per heavy atom. The highest BCUT2D eigenvalue weighted by Crippen LogP contribution is 2.24. The number of hydrogen-bond acceptors (Lipinski definition) is 1. The van der Waals surface area contributed by atoms with Crippen LogP contribution in [-0.2, 0) is 5.41 Å². The van der Waals surface area contributed by atoms with Gasteiger partial charge in [-0.1, -0.05) is 51.1 Å². The molecule has 0 amide bonds. The topological polar surface area (TPSA) is 17.8 Å². The Labute approximate surface area is 113 Å². The molecule has 0 fully saturated rings. The summed E-state index contributed by atoms with van der Waals surface area (Å²) in [7, 11) is 0. The number of fused-ring (bicyclic) bond motifs is 1. The van der Waals surface area contributed by atoms with E-state index < -0.39 is 0 Å². The first-order valence-electron chi connectivity index (χ1n) is 6.59. The van der Waals surface area contributed by atoms with Crippen LogP contribution in [0.5, 0.6) is 0 Å². The molecule has 0 aliphatic heterocycles. The van der Waals surface area contributed by atoms with Crippen molar-refractivity contribution in [3.05, 3.63) is 60.3 Å². The summed E-state index contributed by atoms with van der Waals surface area (Å²) in [6, 6.07) is 16.8. The summed E-state index contributed by atoms with van der Waals surface area (Å²) in [5, 5.41) is 5.79. The molecule has 2 nitrogen and oxygen atoms in total. The quantitative estimate of drug-likeness (QED) is 0.629. The molecule has 1 heterocycles. The van der Waals surface area contributed by atoms with E-state index in [4.69, 9.17) is 0 Å². The highest BCUT2D eigenvalue weighted by molar-refractivity contribution is 5.78. The minimum absolute atomic E-state index is 0.155. The lowest BCUT2D eigenvalue weighted by Crippen LogP contribution is -2.11. The van der Waals surface area contributed by atoms with Gasteiger partial charge in [-0.25, -0.2) is 4.68 Å². The van der Waals surface area contributed by atoms with Gasteiger partial charge in [-0.3, -0.25) is 0 Å².